The first kappa shape index (κ1) is 17.4. The number of nitrogens with zero attached hydrogens (tertiary/aromatic N) is 1. The zero-order valence-corrected chi connectivity index (χ0v) is 15.1. The highest BCUT2D eigenvalue weighted by Crippen LogP contribution is 2.33. The molecule has 1 saturated carbocycles. The second kappa shape index (κ2) is 7.70. The van der Waals surface area contributed by atoms with Crippen molar-refractivity contribution in [3.63, 3.8) is 0 Å². The van der Waals surface area contributed by atoms with Crippen LogP contribution in [-0.4, -0.2) is 16.7 Å². The highest BCUT2D eigenvalue weighted by molar-refractivity contribution is 5.86. The third-order valence-corrected chi connectivity index (χ3v) is 5.15. The van der Waals surface area contributed by atoms with Crippen LogP contribution >= 0.6 is 0 Å². The first-order valence-electron chi connectivity index (χ1n) is 9.27. The molecule has 1 aliphatic rings. The van der Waals surface area contributed by atoms with Gasteiger partial charge in [-0.2, -0.15) is 0 Å². The summed E-state index contributed by atoms with van der Waals surface area (Å²) in [5.41, 5.74) is 3.21. The zero-order valence-electron chi connectivity index (χ0n) is 15.1. The fourth-order valence-electron chi connectivity index (χ4n) is 3.46. The number of aromatic nitrogens is 1. The Kier molecular flexibility index (Phi) is 4.97. The molecule has 1 heterocycles. The third kappa shape index (κ3) is 4.05. The molecule has 0 atom stereocenters. The van der Waals surface area contributed by atoms with E-state index < -0.39 is 0 Å². The largest absolute Gasteiger partial charge is 0.461 e. The molecular weight excluding hydrogens is 338 g/mol. The van der Waals surface area contributed by atoms with E-state index in [0.717, 1.165) is 21.9 Å². The Morgan fingerprint density at radius 2 is 1.81 bits per heavy atom. The molecule has 4 heteroatoms. The van der Waals surface area contributed by atoms with Crippen molar-refractivity contribution < 1.29 is 14.3 Å². The molecule has 0 amide bonds. The molecule has 0 saturated heterocycles. The summed E-state index contributed by atoms with van der Waals surface area (Å²) in [6.07, 6.45) is 5.90. The van der Waals surface area contributed by atoms with Crippen molar-refractivity contribution in [1.82, 2.24) is 4.98 Å². The quantitative estimate of drug-likeness (QED) is 0.614. The van der Waals surface area contributed by atoms with Crippen LogP contribution in [0.5, 0.6) is 0 Å². The topological polar surface area (TPSA) is 56.3 Å². The van der Waals surface area contributed by atoms with Crippen LogP contribution in [-0.2, 0) is 27.4 Å². The smallest absolute Gasteiger partial charge is 0.306 e. The minimum atomic E-state index is -0.211. The molecule has 0 spiro atoms. The van der Waals surface area contributed by atoms with Gasteiger partial charge in [0.05, 0.1) is 0 Å². The van der Waals surface area contributed by atoms with Gasteiger partial charge in [-0.3, -0.25) is 14.6 Å². The Labute approximate surface area is 158 Å². The van der Waals surface area contributed by atoms with Gasteiger partial charge in [0.2, 0.25) is 0 Å². The number of aryl methyl sites for hydroxylation is 1. The summed E-state index contributed by atoms with van der Waals surface area (Å²) < 4.78 is 5.41. The van der Waals surface area contributed by atoms with Crippen LogP contribution in [0.3, 0.4) is 0 Å². The molecule has 4 rings (SSSR count). The van der Waals surface area contributed by atoms with Gasteiger partial charge in [-0.05, 0) is 34.4 Å². The second-order valence-electron chi connectivity index (χ2n) is 7.07. The molecule has 136 valence electrons. The number of rotatable bonds is 6. The minimum Gasteiger partial charge on any atom is -0.461 e. The van der Waals surface area contributed by atoms with E-state index in [9.17, 15) is 9.59 Å². The Morgan fingerprint density at radius 3 is 2.59 bits per heavy atom. The van der Waals surface area contributed by atoms with Crippen molar-refractivity contribution in [2.24, 2.45) is 0 Å². The van der Waals surface area contributed by atoms with Crippen LogP contribution in [0.1, 0.15) is 41.9 Å². The van der Waals surface area contributed by atoms with Crippen molar-refractivity contribution >= 4 is 22.5 Å². The molecule has 0 aliphatic heterocycles. The van der Waals surface area contributed by atoms with Crippen LogP contribution in [0.2, 0.25) is 0 Å². The van der Waals surface area contributed by atoms with E-state index in [1.165, 1.54) is 5.56 Å². The van der Waals surface area contributed by atoms with E-state index in [-0.39, 0.29) is 12.6 Å². The first-order valence-corrected chi connectivity index (χ1v) is 9.27. The molecular formula is C23H21NO3. The SMILES string of the molecule is O=C1CC(c2ccc(COC(=O)CCc3cncc4ccccc34)cc2)C1. The van der Waals surface area contributed by atoms with E-state index in [2.05, 4.69) is 11.1 Å². The van der Waals surface area contributed by atoms with Crippen LogP contribution in [0.4, 0.5) is 0 Å². The maximum absolute atomic E-state index is 12.1. The minimum absolute atomic E-state index is 0.211. The van der Waals surface area contributed by atoms with Gasteiger partial charge >= 0.3 is 5.97 Å². The number of hydrogen-bond donors (Lipinski definition) is 0. The van der Waals surface area contributed by atoms with Gasteiger partial charge in [-0.15, -0.1) is 0 Å². The molecule has 0 unspecified atom stereocenters. The molecule has 2 aromatic carbocycles. The van der Waals surface area contributed by atoms with Gasteiger partial charge in [0.1, 0.15) is 12.4 Å². The highest BCUT2D eigenvalue weighted by Gasteiger charge is 2.27. The summed E-state index contributed by atoms with van der Waals surface area (Å²) in [4.78, 5) is 27.5. The average Bonchev–Trinajstić information content (AvgIpc) is 2.69. The predicted octanol–water partition coefficient (Wildman–Crippen LogP) is 4.36. The monoisotopic (exact) mass is 359 g/mol. The summed E-state index contributed by atoms with van der Waals surface area (Å²) in [7, 11) is 0. The zero-order chi connectivity index (χ0) is 18.6. The molecule has 0 radical (unpaired) electrons. The number of ketones is 1. The lowest BCUT2D eigenvalue weighted by molar-refractivity contribution is -0.144. The summed E-state index contributed by atoms with van der Waals surface area (Å²) in [6, 6.07) is 16.1. The number of benzene rings is 2. The van der Waals surface area contributed by atoms with E-state index in [0.29, 0.717) is 37.4 Å². The van der Waals surface area contributed by atoms with E-state index >= 15 is 0 Å². The Hall–Kier alpha value is -3.01. The van der Waals surface area contributed by atoms with Crippen molar-refractivity contribution in [3.05, 3.63) is 77.6 Å². The lowest BCUT2D eigenvalue weighted by Gasteiger charge is -2.24. The van der Waals surface area contributed by atoms with Crippen LogP contribution in [0.25, 0.3) is 10.8 Å². The maximum atomic E-state index is 12.1. The number of carbonyl (C=O) groups is 2. The summed E-state index contributed by atoms with van der Waals surface area (Å²) >= 11 is 0. The molecule has 4 nitrogen and oxygen atoms in total. The van der Waals surface area contributed by atoms with Gasteiger partial charge < -0.3 is 4.74 Å². The molecule has 1 fully saturated rings. The van der Waals surface area contributed by atoms with E-state index in [1.54, 1.807) is 0 Å². The van der Waals surface area contributed by atoms with Crippen molar-refractivity contribution in [2.75, 3.05) is 0 Å². The van der Waals surface area contributed by atoms with Crippen LogP contribution in [0, 0.1) is 0 Å². The summed E-state index contributed by atoms with van der Waals surface area (Å²) in [5, 5.41) is 2.21. The summed E-state index contributed by atoms with van der Waals surface area (Å²) in [5.74, 6) is 0.486. The predicted molar refractivity (Wildman–Crippen MR) is 103 cm³/mol. The average molecular weight is 359 g/mol. The molecule has 1 aliphatic carbocycles. The van der Waals surface area contributed by atoms with Crippen molar-refractivity contribution in [1.29, 1.82) is 0 Å². The number of esters is 1. The number of hydrogen-bond acceptors (Lipinski definition) is 4. The van der Waals surface area contributed by atoms with Crippen molar-refractivity contribution in [2.45, 2.75) is 38.2 Å². The van der Waals surface area contributed by atoms with E-state index in [4.69, 9.17) is 4.74 Å². The lowest BCUT2D eigenvalue weighted by atomic mass is 9.79. The third-order valence-electron chi connectivity index (χ3n) is 5.15. The highest BCUT2D eigenvalue weighted by atomic mass is 16.5. The standard InChI is InChI=1S/C23H21NO3/c25-21-11-20(12-21)17-7-5-16(6-8-17)15-27-23(26)10-9-19-14-24-13-18-3-1-2-4-22(18)19/h1-8,13-14,20H,9-12,15H2. The Morgan fingerprint density at radius 1 is 1.04 bits per heavy atom. The van der Waals surface area contributed by atoms with Crippen LogP contribution < -0.4 is 0 Å². The fraction of sp³-hybridized carbons (Fsp3) is 0.261. The second-order valence-corrected chi connectivity index (χ2v) is 7.07. The van der Waals surface area contributed by atoms with E-state index in [1.807, 2.05) is 54.9 Å². The Bertz CT molecular complexity index is 965. The molecule has 27 heavy (non-hydrogen) atoms. The van der Waals surface area contributed by atoms with Gasteiger partial charge in [0, 0.05) is 37.0 Å². The number of fused-ring (bicyclic) bond motifs is 1. The number of carbonyl (C=O) groups excluding carboxylic acids is 2. The van der Waals surface area contributed by atoms with Gasteiger partial charge in [-0.1, -0.05) is 48.5 Å². The molecule has 0 N–H and O–H groups in total. The van der Waals surface area contributed by atoms with Gasteiger partial charge in [0.15, 0.2) is 0 Å². The molecule has 3 aromatic rings. The number of ether oxygens (including phenoxy) is 1. The Balaban J connectivity index is 1.29. The van der Waals surface area contributed by atoms with Gasteiger partial charge in [-0.25, -0.2) is 0 Å². The van der Waals surface area contributed by atoms with Crippen LogP contribution in [0.15, 0.2) is 60.9 Å². The first-order chi connectivity index (χ1) is 13.2. The number of pyridine rings is 1. The normalized spacial score (nSPS) is 14.1. The molecule has 1 aromatic heterocycles. The number of Topliss-reactive ketones (excluding diaryl/α,β-unsaturated/α-hetero) is 1. The molecule has 0 bridgehead atoms. The maximum Gasteiger partial charge on any atom is 0.306 e. The summed E-state index contributed by atoms with van der Waals surface area (Å²) in [6.45, 7) is 0.274. The fourth-order valence-corrected chi connectivity index (χ4v) is 3.46. The van der Waals surface area contributed by atoms with Crippen molar-refractivity contribution in [3.8, 4) is 0 Å². The van der Waals surface area contributed by atoms with Gasteiger partial charge in [0.25, 0.3) is 0 Å². The lowest BCUT2D eigenvalue weighted by Crippen LogP contribution is -2.20.